The van der Waals surface area contributed by atoms with Gasteiger partial charge in [0.05, 0.1) is 29.5 Å². The largest absolute Gasteiger partial charge is 0.481 e. The number of rotatable bonds is 5. The Morgan fingerprint density at radius 2 is 2.18 bits per heavy atom. The van der Waals surface area contributed by atoms with Crippen molar-refractivity contribution in [2.24, 2.45) is 5.92 Å². The standard InChI is InChI=1S/C15H18N2O5/c1-3-22-15(21)9-4-5-11(16-2)12(6-9)17-8-10(14(19)20)7-13(17)18/h4-6,10,16H,3,7-8H2,1-2H3,(H,19,20). The number of ether oxygens (including phenoxy) is 1. The number of nitrogens with one attached hydrogen (secondary N) is 1. The molecule has 1 amide bonds. The Hall–Kier alpha value is -2.57. The van der Waals surface area contributed by atoms with Gasteiger partial charge in [0.15, 0.2) is 0 Å². The van der Waals surface area contributed by atoms with Gasteiger partial charge in [0.2, 0.25) is 5.91 Å². The Morgan fingerprint density at radius 1 is 1.45 bits per heavy atom. The summed E-state index contributed by atoms with van der Waals surface area (Å²) in [5.41, 5.74) is 1.46. The van der Waals surface area contributed by atoms with Gasteiger partial charge in [-0.1, -0.05) is 0 Å². The van der Waals surface area contributed by atoms with Crippen LogP contribution in [0, 0.1) is 5.92 Å². The molecular formula is C15H18N2O5. The Morgan fingerprint density at radius 3 is 2.73 bits per heavy atom. The minimum Gasteiger partial charge on any atom is -0.481 e. The van der Waals surface area contributed by atoms with Crippen molar-refractivity contribution >= 4 is 29.2 Å². The fourth-order valence-corrected chi connectivity index (χ4v) is 2.41. The molecule has 1 aliphatic heterocycles. The Balaban J connectivity index is 2.36. The van der Waals surface area contributed by atoms with E-state index in [4.69, 9.17) is 9.84 Å². The number of esters is 1. The van der Waals surface area contributed by atoms with Crippen LogP contribution in [-0.2, 0) is 14.3 Å². The lowest BCUT2D eigenvalue weighted by atomic mass is 10.1. The molecule has 0 spiro atoms. The van der Waals surface area contributed by atoms with Crippen LogP contribution in [0.1, 0.15) is 23.7 Å². The van der Waals surface area contributed by atoms with Crippen molar-refractivity contribution in [1.82, 2.24) is 0 Å². The molecule has 0 bridgehead atoms. The van der Waals surface area contributed by atoms with Gasteiger partial charge < -0.3 is 20.1 Å². The quantitative estimate of drug-likeness (QED) is 0.797. The van der Waals surface area contributed by atoms with E-state index in [1.807, 2.05) is 0 Å². The van der Waals surface area contributed by atoms with E-state index >= 15 is 0 Å². The lowest BCUT2D eigenvalue weighted by molar-refractivity contribution is -0.141. The fourth-order valence-electron chi connectivity index (χ4n) is 2.41. The molecule has 1 atom stereocenters. The van der Waals surface area contributed by atoms with E-state index in [1.54, 1.807) is 32.2 Å². The van der Waals surface area contributed by atoms with E-state index in [0.29, 0.717) is 16.9 Å². The third-order valence-corrected chi connectivity index (χ3v) is 3.54. The van der Waals surface area contributed by atoms with Gasteiger partial charge in [-0.3, -0.25) is 9.59 Å². The number of hydrogen-bond donors (Lipinski definition) is 2. The molecule has 0 radical (unpaired) electrons. The normalized spacial score (nSPS) is 17.5. The van der Waals surface area contributed by atoms with Crippen LogP contribution in [-0.4, -0.2) is 43.2 Å². The minimum atomic E-state index is -0.997. The van der Waals surface area contributed by atoms with Gasteiger partial charge in [-0.05, 0) is 25.1 Å². The van der Waals surface area contributed by atoms with Gasteiger partial charge in [0.25, 0.3) is 0 Å². The highest BCUT2D eigenvalue weighted by atomic mass is 16.5. The Bertz CT molecular complexity index is 614. The van der Waals surface area contributed by atoms with Crippen LogP contribution >= 0.6 is 0 Å². The van der Waals surface area contributed by atoms with Crippen molar-refractivity contribution in [2.75, 3.05) is 30.4 Å². The van der Waals surface area contributed by atoms with Crippen molar-refractivity contribution in [3.63, 3.8) is 0 Å². The van der Waals surface area contributed by atoms with E-state index in [2.05, 4.69) is 5.32 Å². The summed E-state index contributed by atoms with van der Waals surface area (Å²) in [5.74, 6) is -2.48. The average Bonchev–Trinajstić information content (AvgIpc) is 2.89. The number of benzene rings is 1. The van der Waals surface area contributed by atoms with E-state index in [1.165, 1.54) is 4.90 Å². The molecule has 1 heterocycles. The summed E-state index contributed by atoms with van der Waals surface area (Å²) < 4.78 is 4.95. The third-order valence-electron chi connectivity index (χ3n) is 3.54. The molecule has 118 valence electrons. The molecule has 1 saturated heterocycles. The van der Waals surface area contributed by atoms with Crippen LogP contribution in [0.15, 0.2) is 18.2 Å². The molecule has 2 rings (SSSR count). The molecule has 22 heavy (non-hydrogen) atoms. The molecule has 7 nitrogen and oxygen atoms in total. The molecular weight excluding hydrogens is 288 g/mol. The van der Waals surface area contributed by atoms with E-state index in [0.717, 1.165) is 0 Å². The lowest BCUT2D eigenvalue weighted by Crippen LogP contribution is -2.27. The topological polar surface area (TPSA) is 95.9 Å². The highest BCUT2D eigenvalue weighted by molar-refractivity contribution is 6.03. The van der Waals surface area contributed by atoms with Crippen LogP contribution in [0.25, 0.3) is 0 Å². The number of nitrogens with zero attached hydrogens (tertiary/aromatic N) is 1. The molecule has 1 aromatic carbocycles. The first kappa shape index (κ1) is 15.8. The van der Waals surface area contributed by atoms with Crippen molar-refractivity contribution in [3.8, 4) is 0 Å². The monoisotopic (exact) mass is 306 g/mol. The van der Waals surface area contributed by atoms with E-state index in [9.17, 15) is 14.4 Å². The van der Waals surface area contributed by atoms with Gasteiger partial charge in [-0.25, -0.2) is 4.79 Å². The molecule has 7 heteroatoms. The second-order valence-electron chi connectivity index (χ2n) is 4.95. The van der Waals surface area contributed by atoms with E-state index < -0.39 is 17.9 Å². The van der Waals surface area contributed by atoms with Gasteiger partial charge >= 0.3 is 11.9 Å². The smallest absolute Gasteiger partial charge is 0.338 e. The molecule has 2 N–H and O–H groups in total. The van der Waals surface area contributed by atoms with Gasteiger partial charge in [0.1, 0.15) is 0 Å². The van der Waals surface area contributed by atoms with Crippen molar-refractivity contribution in [2.45, 2.75) is 13.3 Å². The zero-order chi connectivity index (χ0) is 16.3. The van der Waals surface area contributed by atoms with Crippen LogP contribution in [0.3, 0.4) is 0 Å². The molecule has 0 saturated carbocycles. The summed E-state index contributed by atoms with van der Waals surface area (Å²) >= 11 is 0. The maximum Gasteiger partial charge on any atom is 0.338 e. The second-order valence-corrected chi connectivity index (χ2v) is 4.95. The first-order valence-electron chi connectivity index (χ1n) is 7.00. The number of carboxylic acid groups (broad SMARTS) is 1. The molecule has 1 unspecified atom stereocenters. The number of amides is 1. The number of aliphatic carboxylic acids is 1. The first-order valence-corrected chi connectivity index (χ1v) is 7.00. The maximum absolute atomic E-state index is 12.1. The molecule has 0 aromatic heterocycles. The molecule has 1 fully saturated rings. The highest BCUT2D eigenvalue weighted by Crippen LogP contribution is 2.32. The summed E-state index contributed by atoms with van der Waals surface area (Å²) in [6.45, 7) is 2.06. The summed E-state index contributed by atoms with van der Waals surface area (Å²) in [4.78, 5) is 36.4. The van der Waals surface area contributed by atoms with Gasteiger partial charge in [0, 0.05) is 20.0 Å². The van der Waals surface area contributed by atoms with E-state index in [-0.39, 0.29) is 25.5 Å². The first-order chi connectivity index (χ1) is 10.5. The maximum atomic E-state index is 12.1. The predicted molar refractivity (Wildman–Crippen MR) is 80.0 cm³/mol. The van der Waals surface area contributed by atoms with Crippen molar-refractivity contribution < 1.29 is 24.2 Å². The van der Waals surface area contributed by atoms with Crippen LogP contribution in [0.5, 0.6) is 0 Å². The van der Waals surface area contributed by atoms with Gasteiger partial charge in [-0.15, -0.1) is 0 Å². The molecule has 1 aliphatic rings. The van der Waals surface area contributed by atoms with Crippen molar-refractivity contribution in [3.05, 3.63) is 23.8 Å². The summed E-state index contributed by atoms with van der Waals surface area (Å²) in [6, 6.07) is 4.82. The lowest BCUT2D eigenvalue weighted by Gasteiger charge is -2.20. The number of hydrogen-bond acceptors (Lipinski definition) is 5. The summed E-state index contributed by atoms with van der Waals surface area (Å²) in [5, 5.41) is 12.0. The molecule has 1 aromatic rings. The average molecular weight is 306 g/mol. The predicted octanol–water partition coefficient (Wildman–Crippen LogP) is 1.34. The Labute approximate surface area is 127 Å². The van der Waals surface area contributed by atoms with Crippen LogP contribution in [0.2, 0.25) is 0 Å². The van der Waals surface area contributed by atoms with Crippen molar-refractivity contribution in [1.29, 1.82) is 0 Å². The Kier molecular flexibility index (Phi) is 4.65. The number of carboxylic acids is 1. The fraction of sp³-hybridized carbons (Fsp3) is 0.400. The van der Waals surface area contributed by atoms with Gasteiger partial charge in [-0.2, -0.15) is 0 Å². The third kappa shape index (κ3) is 3.03. The zero-order valence-electron chi connectivity index (χ0n) is 12.5. The number of carbonyl (C=O) groups is 3. The highest BCUT2D eigenvalue weighted by Gasteiger charge is 2.36. The van der Waals surface area contributed by atoms with Crippen LogP contribution < -0.4 is 10.2 Å². The number of carbonyl (C=O) groups excluding carboxylic acids is 2. The summed E-state index contributed by atoms with van der Waals surface area (Å²) in [6.07, 6.45) is -0.0396. The SMILES string of the molecule is CCOC(=O)c1ccc(NC)c(N2CC(C(=O)O)CC2=O)c1. The minimum absolute atomic E-state index is 0.0396. The molecule has 0 aliphatic carbocycles. The summed E-state index contributed by atoms with van der Waals surface area (Å²) in [7, 11) is 1.69. The zero-order valence-corrected chi connectivity index (χ0v) is 12.5. The van der Waals surface area contributed by atoms with Crippen LogP contribution in [0.4, 0.5) is 11.4 Å². The number of anilines is 2. The second kappa shape index (κ2) is 6.46.